The Hall–Kier alpha value is -4.05. The molecule has 0 unspecified atom stereocenters. The standard InChI is InChI=1S/C29H24N2O2/c1-3-32-23-16-31-28(29(27(23)30)33-4-2)22-15-14-18-10-6-12-20-19-11-5-8-17-9-7-13-21(24(17)19)26(22)25(18)20/h5-16H,3-4H2,1-2H3,(H2,30,31). The van der Waals surface area contributed by atoms with E-state index in [9.17, 15) is 0 Å². The van der Waals surface area contributed by atoms with Gasteiger partial charge in [-0.25, -0.2) is 4.98 Å². The Morgan fingerprint density at radius 1 is 0.697 bits per heavy atom. The zero-order chi connectivity index (χ0) is 22.5. The van der Waals surface area contributed by atoms with Crippen LogP contribution in [0.4, 0.5) is 5.69 Å². The molecule has 4 nitrogen and oxygen atoms in total. The summed E-state index contributed by atoms with van der Waals surface area (Å²) in [6.45, 7) is 4.89. The number of rotatable bonds is 5. The van der Waals surface area contributed by atoms with Gasteiger partial charge in [0.15, 0.2) is 11.5 Å². The molecule has 1 aromatic heterocycles. The second-order valence-electron chi connectivity index (χ2n) is 8.18. The van der Waals surface area contributed by atoms with Crippen molar-refractivity contribution in [1.29, 1.82) is 0 Å². The van der Waals surface area contributed by atoms with Crippen molar-refractivity contribution >= 4 is 48.8 Å². The average molecular weight is 433 g/mol. The van der Waals surface area contributed by atoms with Crippen LogP contribution in [0.15, 0.2) is 72.9 Å². The van der Waals surface area contributed by atoms with Gasteiger partial charge in [-0.2, -0.15) is 0 Å². The van der Waals surface area contributed by atoms with Crippen LogP contribution in [-0.2, 0) is 0 Å². The third kappa shape index (κ3) is 2.80. The van der Waals surface area contributed by atoms with Crippen LogP contribution in [0.3, 0.4) is 0 Å². The molecule has 0 bridgehead atoms. The maximum absolute atomic E-state index is 6.50. The van der Waals surface area contributed by atoms with E-state index in [-0.39, 0.29) is 0 Å². The molecule has 4 heteroatoms. The lowest BCUT2D eigenvalue weighted by atomic mass is 9.87. The molecule has 5 aromatic carbocycles. The van der Waals surface area contributed by atoms with Gasteiger partial charge in [0.1, 0.15) is 11.4 Å². The monoisotopic (exact) mass is 432 g/mol. The number of hydrogen-bond donors (Lipinski definition) is 1. The van der Waals surface area contributed by atoms with Crippen LogP contribution in [0, 0.1) is 0 Å². The molecule has 0 aliphatic heterocycles. The quantitative estimate of drug-likeness (QED) is 0.232. The van der Waals surface area contributed by atoms with E-state index in [1.165, 1.54) is 43.1 Å². The molecule has 0 spiro atoms. The lowest BCUT2D eigenvalue weighted by molar-refractivity contribution is 0.325. The maximum atomic E-state index is 6.50. The first-order valence-electron chi connectivity index (χ1n) is 11.4. The second-order valence-corrected chi connectivity index (χ2v) is 8.18. The van der Waals surface area contributed by atoms with Crippen molar-refractivity contribution in [3.05, 3.63) is 72.9 Å². The van der Waals surface area contributed by atoms with E-state index in [1.54, 1.807) is 6.20 Å². The summed E-state index contributed by atoms with van der Waals surface area (Å²) in [4.78, 5) is 4.81. The van der Waals surface area contributed by atoms with Gasteiger partial charge >= 0.3 is 0 Å². The third-order valence-electron chi connectivity index (χ3n) is 6.39. The summed E-state index contributed by atoms with van der Waals surface area (Å²) in [5, 5.41) is 9.82. The summed E-state index contributed by atoms with van der Waals surface area (Å²) in [5.74, 6) is 1.12. The molecule has 0 amide bonds. The minimum atomic E-state index is 0.485. The Kier molecular flexibility index (Phi) is 4.47. The molecular weight excluding hydrogens is 408 g/mol. The van der Waals surface area contributed by atoms with Crippen LogP contribution in [0.25, 0.3) is 54.3 Å². The van der Waals surface area contributed by atoms with E-state index in [0.717, 1.165) is 11.3 Å². The van der Waals surface area contributed by atoms with Crippen molar-refractivity contribution in [3.8, 4) is 22.8 Å². The summed E-state index contributed by atoms with van der Waals surface area (Å²) < 4.78 is 11.7. The fraction of sp³-hybridized carbons (Fsp3) is 0.138. The first-order valence-corrected chi connectivity index (χ1v) is 11.4. The van der Waals surface area contributed by atoms with Crippen molar-refractivity contribution in [2.75, 3.05) is 18.9 Å². The van der Waals surface area contributed by atoms with Crippen LogP contribution in [0.5, 0.6) is 11.5 Å². The summed E-state index contributed by atoms with van der Waals surface area (Å²) in [6.07, 6.45) is 1.71. The molecular formula is C29H24N2O2. The fourth-order valence-corrected chi connectivity index (χ4v) is 5.10. The van der Waals surface area contributed by atoms with Crippen LogP contribution in [-0.4, -0.2) is 18.2 Å². The number of nitrogens with zero attached hydrogens (tertiary/aromatic N) is 1. The summed E-state index contributed by atoms with van der Waals surface area (Å²) in [5.41, 5.74) is 8.74. The number of nitrogens with two attached hydrogens (primary N) is 1. The van der Waals surface area contributed by atoms with Crippen molar-refractivity contribution in [2.24, 2.45) is 0 Å². The third-order valence-corrected chi connectivity index (χ3v) is 6.39. The number of aromatic nitrogens is 1. The van der Waals surface area contributed by atoms with E-state index in [2.05, 4.69) is 66.7 Å². The Bertz CT molecular complexity index is 1650. The van der Waals surface area contributed by atoms with Crippen molar-refractivity contribution in [2.45, 2.75) is 13.8 Å². The van der Waals surface area contributed by atoms with Gasteiger partial charge in [-0.05, 0) is 51.6 Å². The molecule has 0 aliphatic rings. The van der Waals surface area contributed by atoms with Gasteiger partial charge in [0, 0.05) is 10.9 Å². The summed E-state index contributed by atoms with van der Waals surface area (Å²) >= 11 is 0. The maximum Gasteiger partial charge on any atom is 0.172 e. The van der Waals surface area contributed by atoms with Crippen molar-refractivity contribution < 1.29 is 9.47 Å². The van der Waals surface area contributed by atoms with E-state index < -0.39 is 0 Å². The predicted molar refractivity (Wildman–Crippen MR) is 138 cm³/mol. The number of fused-ring (bicyclic) bond motifs is 2. The number of anilines is 1. The lowest BCUT2D eigenvalue weighted by Gasteiger charge is -2.19. The van der Waals surface area contributed by atoms with Gasteiger partial charge in [0.05, 0.1) is 19.4 Å². The number of nitrogen functional groups attached to an aromatic ring is 1. The molecule has 33 heavy (non-hydrogen) atoms. The molecule has 0 aliphatic carbocycles. The minimum Gasteiger partial charge on any atom is -0.490 e. The molecule has 0 atom stereocenters. The topological polar surface area (TPSA) is 57.4 Å². The first kappa shape index (κ1) is 19.6. The molecule has 0 fully saturated rings. The van der Waals surface area contributed by atoms with E-state index >= 15 is 0 Å². The highest BCUT2D eigenvalue weighted by Gasteiger charge is 2.21. The first-order chi connectivity index (χ1) is 16.2. The van der Waals surface area contributed by atoms with Gasteiger partial charge in [0.25, 0.3) is 0 Å². The predicted octanol–water partition coefficient (Wildman–Crippen LogP) is 7.18. The lowest BCUT2D eigenvalue weighted by Crippen LogP contribution is -2.05. The summed E-state index contributed by atoms with van der Waals surface area (Å²) in [7, 11) is 0. The Balaban J connectivity index is 1.81. The number of pyridine rings is 1. The molecule has 1 heterocycles. The van der Waals surface area contributed by atoms with E-state index in [0.29, 0.717) is 30.4 Å². The zero-order valence-electron chi connectivity index (χ0n) is 18.7. The minimum absolute atomic E-state index is 0.485. The molecule has 0 radical (unpaired) electrons. The highest BCUT2D eigenvalue weighted by atomic mass is 16.5. The van der Waals surface area contributed by atoms with E-state index in [4.69, 9.17) is 20.2 Å². The van der Waals surface area contributed by atoms with Gasteiger partial charge in [0.2, 0.25) is 0 Å². The average Bonchev–Trinajstić information content (AvgIpc) is 2.85. The Morgan fingerprint density at radius 2 is 1.33 bits per heavy atom. The highest BCUT2D eigenvalue weighted by molar-refractivity contribution is 6.35. The molecule has 2 N–H and O–H groups in total. The van der Waals surface area contributed by atoms with Gasteiger partial charge in [-0.1, -0.05) is 66.7 Å². The molecule has 6 rings (SSSR count). The zero-order valence-corrected chi connectivity index (χ0v) is 18.7. The van der Waals surface area contributed by atoms with Crippen LogP contribution in [0.1, 0.15) is 13.8 Å². The fourth-order valence-electron chi connectivity index (χ4n) is 5.10. The molecule has 0 saturated heterocycles. The number of ether oxygens (including phenoxy) is 2. The van der Waals surface area contributed by atoms with Gasteiger partial charge in [-0.15, -0.1) is 0 Å². The van der Waals surface area contributed by atoms with Crippen molar-refractivity contribution in [3.63, 3.8) is 0 Å². The van der Waals surface area contributed by atoms with Crippen molar-refractivity contribution in [1.82, 2.24) is 4.98 Å². The SMILES string of the molecule is CCOc1cnc(-c2ccc3cccc4c5cccc6cccc(c2c34)c65)c(OCC)c1N. The van der Waals surface area contributed by atoms with Crippen LogP contribution in [0.2, 0.25) is 0 Å². The number of hydrogen-bond acceptors (Lipinski definition) is 4. The summed E-state index contributed by atoms with van der Waals surface area (Å²) in [6, 6.07) is 23.9. The normalized spacial score (nSPS) is 11.7. The van der Waals surface area contributed by atoms with Crippen LogP contribution >= 0.6 is 0 Å². The van der Waals surface area contributed by atoms with E-state index in [1.807, 2.05) is 13.8 Å². The van der Waals surface area contributed by atoms with Crippen LogP contribution < -0.4 is 15.2 Å². The molecule has 0 saturated carbocycles. The van der Waals surface area contributed by atoms with Gasteiger partial charge < -0.3 is 15.2 Å². The second kappa shape index (κ2) is 7.52. The molecule has 6 aromatic rings. The highest BCUT2D eigenvalue weighted by Crippen LogP contribution is 2.47. The Labute approximate surface area is 191 Å². The number of benzene rings is 5. The molecule has 162 valence electrons. The Morgan fingerprint density at radius 3 is 2.03 bits per heavy atom. The smallest absolute Gasteiger partial charge is 0.172 e. The largest absolute Gasteiger partial charge is 0.490 e. The van der Waals surface area contributed by atoms with Gasteiger partial charge in [-0.3, -0.25) is 0 Å².